The molecule has 0 aromatic heterocycles. The third kappa shape index (κ3) is 1.97. The van der Waals surface area contributed by atoms with Crippen molar-refractivity contribution < 1.29 is 13.6 Å². The maximum atomic E-state index is 11.2. The minimum absolute atomic E-state index is 0.280. The number of halogens is 2. The molecule has 1 fully saturated rings. The minimum atomic E-state index is -3.44. The molecule has 0 N–H and O–H groups in total. The third-order valence-corrected chi connectivity index (χ3v) is 4.42. The topological polar surface area (TPSA) is 35.5 Å². The summed E-state index contributed by atoms with van der Waals surface area (Å²) in [6.07, 6.45) is -0.280. The SMILES string of the molecule is CC1OP(=O)(Cl)OC(Cl)C1(C)C. The molecule has 3 atom stereocenters. The average Bonchev–Trinajstić information content (AvgIpc) is 1.82. The van der Waals surface area contributed by atoms with E-state index in [0.717, 1.165) is 0 Å². The van der Waals surface area contributed by atoms with Crippen LogP contribution in [0.3, 0.4) is 0 Å². The molecule has 0 aliphatic carbocycles. The first-order valence-corrected chi connectivity index (χ1v) is 6.45. The highest BCUT2D eigenvalue weighted by molar-refractivity contribution is 7.81. The monoisotopic (exact) mass is 232 g/mol. The second kappa shape index (κ2) is 3.14. The quantitative estimate of drug-likeness (QED) is 0.475. The zero-order valence-electron chi connectivity index (χ0n) is 7.08. The van der Waals surface area contributed by atoms with Gasteiger partial charge in [0.15, 0.2) is 0 Å². The highest BCUT2D eigenvalue weighted by Crippen LogP contribution is 2.63. The van der Waals surface area contributed by atoms with Gasteiger partial charge >= 0.3 is 6.95 Å². The van der Waals surface area contributed by atoms with Crippen LogP contribution in [0.5, 0.6) is 0 Å². The number of alkyl halides is 1. The number of hydrogen-bond acceptors (Lipinski definition) is 3. The molecule has 0 bridgehead atoms. The van der Waals surface area contributed by atoms with Gasteiger partial charge in [-0.3, -0.25) is 9.05 Å². The molecule has 0 radical (unpaired) electrons. The Balaban J connectivity index is 2.85. The Hall–Kier alpha value is 0.730. The van der Waals surface area contributed by atoms with E-state index < -0.39 is 12.5 Å². The predicted octanol–water partition coefficient (Wildman–Crippen LogP) is 3.36. The summed E-state index contributed by atoms with van der Waals surface area (Å²) in [5, 5.41) is 0. The molecule has 3 unspecified atom stereocenters. The molecule has 72 valence electrons. The van der Waals surface area contributed by atoms with E-state index >= 15 is 0 Å². The van der Waals surface area contributed by atoms with Crippen LogP contribution in [-0.2, 0) is 13.6 Å². The minimum Gasteiger partial charge on any atom is -0.293 e. The third-order valence-electron chi connectivity index (χ3n) is 2.14. The maximum absolute atomic E-state index is 11.2. The van der Waals surface area contributed by atoms with Crippen molar-refractivity contribution in [3.8, 4) is 0 Å². The number of hydrogen-bond donors (Lipinski definition) is 0. The standard InChI is InChI=1S/C6H11Cl2O3P/c1-4-6(2,3)5(7)11-12(8,9)10-4/h4-5H,1-3H3. The van der Waals surface area contributed by atoms with E-state index in [-0.39, 0.29) is 11.5 Å². The summed E-state index contributed by atoms with van der Waals surface area (Å²) >= 11 is 11.2. The summed E-state index contributed by atoms with van der Waals surface area (Å²) in [6.45, 7) is 2.07. The van der Waals surface area contributed by atoms with Gasteiger partial charge in [0.25, 0.3) is 0 Å². The van der Waals surface area contributed by atoms with Crippen molar-refractivity contribution in [2.45, 2.75) is 32.4 Å². The second-order valence-electron chi connectivity index (χ2n) is 3.42. The molecule has 1 saturated heterocycles. The Labute approximate surface area is 81.6 Å². The van der Waals surface area contributed by atoms with Crippen molar-refractivity contribution in [3.05, 3.63) is 0 Å². The lowest BCUT2D eigenvalue weighted by molar-refractivity contribution is -0.0278. The molecule has 0 aromatic rings. The van der Waals surface area contributed by atoms with E-state index in [1.165, 1.54) is 0 Å². The number of rotatable bonds is 0. The molecule has 0 spiro atoms. The van der Waals surface area contributed by atoms with Crippen molar-refractivity contribution >= 4 is 29.8 Å². The summed E-state index contributed by atoms with van der Waals surface area (Å²) in [7, 11) is 0. The summed E-state index contributed by atoms with van der Waals surface area (Å²) in [4.78, 5) is 0. The van der Waals surface area contributed by atoms with Gasteiger partial charge in [0.1, 0.15) is 5.56 Å². The van der Waals surface area contributed by atoms with Crippen molar-refractivity contribution in [3.63, 3.8) is 0 Å². The van der Waals surface area contributed by atoms with Gasteiger partial charge < -0.3 is 0 Å². The van der Waals surface area contributed by atoms with E-state index in [2.05, 4.69) is 0 Å². The normalized spacial score (nSPS) is 47.4. The van der Waals surface area contributed by atoms with Crippen LogP contribution >= 0.6 is 29.8 Å². The first-order chi connectivity index (χ1) is 5.26. The smallest absolute Gasteiger partial charge is 0.293 e. The predicted molar refractivity (Wildman–Crippen MR) is 48.5 cm³/mol. The van der Waals surface area contributed by atoms with Crippen molar-refractivity contribution in [1.82, 2.24) is 0 Å². The molecular formula is C6H11Cl2O3P. The highest BCUT2D eigenvalue weighted by Gasteiger charge is 2.47. The average molecular weight is 233 g/mol. The Morgan fingerprint density at radius 1 is 1.42 bits per heavy atom. The molecule has 1 aliphatic rings. The molecule has 0 amide bonds. The van der Waals surface area contributed by atoms with E-state index in [0.29, 0.717) is 0 Å². The molecule has 1 rings (SSSR count). The van der Waals surface area contributed by atoms with Crippen LogP contribution in [0.4, 0.5) is 0 Å². The Bertz CT molecular complexity index is 213. The summed E-state index contributed by atoms with van der Waals surface area (Å²) in [5.41, 5.74) is -1.06. The van der Waals surface area contributed by atoms with Gasteiger partial charge in [0.05, 0.1) is 6.10 Å². The van der Waals surface area contributed by atoms with Gasteiger partial charge in [-0.05, 0) is 6.92 Å². The van der Waals surface area contributed by atoms with Crippen molar-refractivity contribution in [2.75, 3.05) is 0 Å². The lowest BCUT2D eigenvalue weighted by Crippen LogP contribution is -2.41. The van der Waals surface area contributed by atoms with Crippen LogP contribution in [0.15, 0.2) is 0 Å². The van der Waals surface area contributed by atoms with Crippen LogP contribution < -0.4 is 0 Å². The van der Waals surface area contributed by atoms with Crippen molar-refractivity contribution in [1.29, 1.82) is 0 Å². The van der Waals surface area contributed by atoms with Crippen LogP contribution in [0.25, 0.3) is 0 Å². The maximum Gasteiger partial charge on any atom is 0.425 e. The Kier molecular flexibility index (Phi) is 2.83. The van der Waals surface area contributed by atoms with Crippen LogP contribution in [-0.4, -0.2) is 11.7 Å². The molecule has 3 nitrogen and oxygen atoms in total. The molecule has 1 heterocycles. The van der Waals surface area contributed by atoms with E-state index in [4.69, 9.17) is 31.9 Å². The zero-order valence-corrected chi connectivity index (χ0v) is 9.49. The second-order valence-corrected chi connectivity index (χ2v) is 6.34. The fraction of sp³-hybridized carbons (Fsp3) is 1.00. The van der Waals surface area contributed by atoms with Gasteiger partial charge in [-0.1, -0.05) is 25.4 Å². The van der Waals surface area contributed by atoms with Crippen LogP contribution in [0.1, 0.15) is 20.8 Å². The molecule has 1 aliphatic heterocycles. The summed E-state index contributed by atoms with van der Waals surface area (Å²) < 4.78 is 21.0. The van der Waals surface area contributed by atoms with Gasteiger partial charge in [0, 0.05) is 16.7 Å². The molecule has 6 heteroatoms. The van der Waals surface area contributed by atoms with Gasteiger partial charge in [-0.2, -0.15) is 0 Å². The first-order valence-electron chi connectivity index (χ1n) is 3.56. The fourth-order valence-electron chi connectivity index (χ4n) is 0.780. The lowest BCUT2D eigenvalue weighted by atomic mass is 9.88. The van der Waals surface area contributed by atoms with Gasteiger partial charge in [-0.15, -0.1) is 0 Å². The molecule has 0 saturated carbocycles. The lowest BCUT2D eigenvalue weighted by Gasteiger charge is -2.40. The van der Waals surface area contributed by atoms with Crippen LogP contribution in [0, 0.1) is 5.41 Å². The van der Waals surface area contributed by atoms with E-state index in [9.17, 15) is 4.57 Å². The van der Waals surface area contributed by atoms with E-state index in [1.54, 1.807) is 6.92 Å². The van der Waals surface area contributed by atoms with Crippen molar-refractivity contribution in [2.24, 2.45) is 5.41 Å². The molecule has 0 aromatic carbocycles. The highest BCUT2D eigenvalue weighted by atomic mass is 35.7. The van der Waals surface area contributed by atoms with Gasteiger partial charge in [0.2, 0.25) is 0 Å². The van der Waals surface area contributed by atoms with E-state index in [1.807, 2.05) is 13.8 Å². The molecular weight excluding hydrogens is 222 g/mol. The Morgan fingerprint density at radius 3 is 2.33 bits per heavy atom. The fourth-order valence-corrected chi connectivity index (χ4v) is 3.18. The van der Waals surface area contributed by atoms with Crippen LogP contribution in [0.2, 0.25) is 0 Å². The van der Waals surface area contributed by atoms with Gasteiger partial charge in [-0.25, -0.2) is 4.57 Å². The first kappa shape index (κ1) is 10.8. The summed E-state index contributed by atoms with van der Waals surface area (Å²) in [5.74, 6) is 0. The Morgan fingerprint density at radius 2 is 1.92 bits per heavy atom. The molecule has 12 heavy (non-hydrogen) atoms. The zero-order chi connectivity index (χ0) is 9.57. The summed E-state index contributed by atoms with van der Waals surface area (Å²) in [6, 6.07) is 0. The largest absolute Gasteiger partial charge is 0.425 e.